The summed E-state index contributed by atoms with van der Waals surface area (Å²) in [4.78, 5) is 4.43. The number of nitrogens with zero attached hydrogens (tertiary/aromatic N) is 1. The van der Waals surface area contributed by atoms with Crippen molar-refractivity contribution in [1.29, 1.82) is 0 Å². The van der Waals surface area contributed by atoms with E-state index in [9.17, 15) is 0 Å². The van der Waals surface area contributed by atoms with Crippen LogP contribution in [0.2, 0.25) is 0 Å². The summed E-state index contributed by atoms with van der Waals surface area (Å²) < 4.78 is 0. The normalized spacial score (nSPS) is 10.0. The van der Waals surface area contributed by atoms with E-state index in [1.165, 1.54) is 0 Å². The van der Waals surface area contributed by atoms with Gasteiger partial charge in [-0.1, -0.05) is 13.0 Å². The van der Waals surface area contributed by atoms with Gasteiger partial charge < -0.3 is 10.6 Å². The van der Waals surface area contributed by atoms with Crippen LogP contribution in [-0.4, -0.2) is 18.6 Å². The maximum atomic E-state index is 4.43. The molecule has 3 nitrogen and oxygen atoms in total. The van der Waals surface area contributed by atoms with E-state index in [-0.39, 0.29) is 0 Å². The van der Waals surface area contributed by atoms with E-state index in [0.29, 0.717) is 0 Å². The zero-order chi connectivity index (χ0) is 9.52. The number of aromatic nitrogens is 1. The first-order valence-corrected chi connectivity index (χ1v) is 4.71. The minimum atomic E-state index is 0.821. The van der Waals surface area contributed by atoms with Crippen molar-refractivity contribution in [1.82, 2.24) is 10.3 Å². The molecule has 0 bridgehead atoms. The van der Waals surface area contributed by atoms with Crippen LogP contribution in [0.15, 0.2) is 18.2 Å². The molecule has 0 radical (unpaired) electrons. The fourth-order valence-electron chi connectivity index (χ4n) is 1.11. The van der Waals surface area contributed by atoms with Crippen LogP contribution in [0.3, 0.4) is 0 Å². The SMILES string of the molecule is CCCNc1cccc(CNC)n1. The lowest BCUT2D eigenvalue weighted by atomic mass is 10.3. The molecular formula is C10H17N3. The predicted octanol–water partition coefficient (Wildman–Crippen LogP) is 1.62. The van der Waals surface area contributed by atoms with Crippen LogP contribution in [-0.2, 0) is 6.54 Å². The Kier molecular flexibility index (Phi) is 4.26. The van der Waals surface area contributed by atoms with Crippen molar-refractivity contribution >= 4 is 5.82 Å². The predicted molar refractivity (Wildman–Crippen MR) is 55.8 cm³/mol. The van der Waals surface area contributed by atoms with Crippen molar-refractivity contribution in [2.75, 3.05) is 18.9 Å². The minimum absolute atomic E-state index is 0.821. The highest BCUT2D eigenvalue weighted by atomic mass is 15.0. The maximum Gasteiger partial charge on any atom is 0.126 e. The molecule has 3 heteroatoms. The van der Waals surface area contributed by atoms with Gasteiger partial charge in [-0.3, -0.25) is 0 Å². The second-order valence-corrected chi connectivity index (χ2v) is 2.97. The quantitative estimate of drug-likeness (QED) is 0.721. The Morgan fingerprint density at radius 3 is 2.92 bits per heavy atom. The average Bonchev–Trinajstić information content (AvgIpc) is 2.16. The monoisotopic (exact) mass is 179 g/mol. The maximum absolute atomic E-state index is 4.43. The van der Waals surface area contributed by atoms with Crippen LogP contribution in [0.4, 0.5) is 5.82 Å². The first kappa shape index (κ1) is 9.99. The van der Waals surface area contributed by atoms with Gasteiger partial charge >= 0.3 is 0 Å². The molecule has 1 heterocycles. The second kappa shape index (κ2) is 5.54. The Balaban J connectivity index is 2.56. The average molecular weight is 179 g/mol. The molecule has 0 spiro atoms. The summed E-state index contributed by atoms with van der Waals surface area (Å²) in [7, 11) is 1.92. The standard InChI is InChI=1S/C10H17N3/c1-3-7-12-10-6-4-5-9(13-10)8-11-2/h4-6,11H,3,7-8H2,1-2H3,(H,12,13). The van der Waals surface area contributed by atoms with Gasteiger partial charge in [0.2, 0.25) is 0 Å². The minimum Gasteiger partial charge on any atom is -0.370 e. The number of hydrogen-bond acceptors (Lipinski definition) is 3. The molecule has 1 aromatic rings. The molecule has 0 aliphatic carbocycles. The van der Waals surface area contributed by atoms with Crippen molar-refractivity contribution in [3.63, 3.8) is 0 Å². The van der Waals surface area contributed by atoms with E-state index >= 15 is 0 Å². The molecule has 0 aliphatic rings. The lowest BCUT2D eigenvalue weighted by Gasteiger charge is -2.05. The summed E-state index contributed by atoms with van der Waals surface area (Å²) in [6.45, 7) is 3.95. The van der Waals surface area contributed by atoms with Crippen molar-refractivity contribution in [3.05, 3.63) is 23.9 Å². The van der Waals surface area contributed by atoms with E-state index in [2.05, 4.69) is 22.5 Å². The Bertz CT molecular complexity index is 248. The van der Waals surface area contributed by atoms with E-state index in [1.807, 2.05) is 25.2 Å². The summed E-state index contributed by atoms with van der Waals surface area (Å²) >= 11 is 0. The van der Waals surface area contributed by atoms with E-state index < -0.39 is 0 Å². The molecule has 0 unspecified atom stereocenters. The lowest BCUT2D eigenvalue weighted by molar-refractivity contribution is 0.791. The molecule has 2 N–H and O–H groups in total. The first-order chi connectivity index (χ1) is 6.36. The zero-order valence-corrected chi connectivity index (χ0v) is 8.30. The fraction of sp³-hybridized carbons (Fsp3) is 0.500. The zero-order valence-electron chi connectivity index (χ0n) is 8.30. The van der Waals surface area contributed by atoms with Gasteiger partial charge in [-0.25, -0.2) is 4.98 Å². The van der Waals surface area contributed by atoms with Gasteiger partial charge in [-0.2, -0.15) is 0 Å². The van der Waals surface area contributed by atoms with Crippen LogP contribution >= 0.6 is 0 Å². The van der Waals surface area contributed by atoms with Crippen molar-refractivity contribution < 1.29 is 0 Å². The highest BCUT2D eigenvalue weighted by molar-refractivity contribution is 5.35. The van der Waals surface area contributed by atoms with Gasteiger partial charge in [0.1, 0.15) is 5.82 Å². The Morgan fingerprint density at radius 2 is 2.23 bits per heavy atom. The highest BCUT2D eigenvalue weighted by Gasteiger charge is 1.94. The van der Waals surface area contributed by atoms with Gasteiger partial charge in [0, 0.05) is 13.1 Å². The number of hydrogen-bond donors (Lipinski definition) is 2. The van der Waals surface area contributed by atoms with E-state index in [0.717, 1.165) is 31.0 Å². The molecule has 0 fully saturated rings. The molecule has 1 rings (SSSR count). The van der Waals surface area contributed by atoms with Crippen LogP contribution in [0.5, 0.6) is 0 Å². The van der Waals surface area contributed by atoms with Crippen molar-refractivity contribution in [2.24, 2.45) is 0 Å². The molecule has 0 saturated carbocycles. The fourth-order valence-corrected chi connectivity index (χ4v) is 1.11. The molecule has 0 atom stereocenters. The van der Waals surface area contributed by atoms with E-state index in [4.69, 9.17) is 0 Å². The van der Waals surface area contributed by atoms with Crippen molar-refractivity contribution in [3.8, 4) is 0 Å². The molecule has 0 aromatic carbocycles. The number of anilines is 1. The van der Waals surface area contributed by atoms with Gasteiger partial charge in [-0.15, -0.1) is 0 Å². The Morgan fingerprint density at radius 1 is 1.38 bits per heavy atom. The molecule has 0 amide bonds. The van der Waals surface area contributed by atoms with Gasteiger partial charge in [0.15, 0.2) is 0 Å². The number of nitrogens with one attached hydrogen (secondary N) is 2. The second-order valence-electron chi connectivity index (χ2n) is 2.97. The third-order valence-electron chi connectivity index (χ3n) is 1.72. The smallest absolute Gasteiger partial charge is 0.126 e. The van der Waals surface area contributed by atoms with E-state index in [1.54, 1.807) is 0 Å². The molecule has 1 aromatic heterocycles. The molecule has 72 valence electrons. The highest BCUT2D eigenvalue weighted by Crippen LogP contribution is 2.04. The van der Waals surface area contributed by atoms with Gasteiger partial charge in [-0.05, 0) is 25.6 Å². The largest absolute Gasteiger partial charge is 0.370 e. The topological polar surface area (TPSA) is 37.0 Å². The summed E-state index contributed by atoms with van der Waals surface area (Å²) in [5, 5.41) is 6.33. The summed E-state index contributed by atoms with van der Waals surface area (Å²) in [5.41, 5.74) is 1.07. The molecular weight excluding hydrogens is 162 g/mol. The van der Waals surface area contributed by atoms with Crippen LogP contribution in [0, 0.1) is 0 Å². The molecule has 0 aliphatic heterocycles. The van der Waals surface area contributed by atoms with Gasteiger partial charge in [0.05, 0.1) is 5.69 Å². The van der Waals surface area contributed by atoms with Crippen LogP contribution in [0.1, 0.15) is 19.0 Å². The lowest BCUT2D eigenvalue weighted by Crippen LogP contribution is -2.09. The van der Waals surface area contributed by atoms with Crippen molar-refractivity contribution in [2.45, 2.75) is 19.9 Å². The van der Waals surface area contributed by atoms with Crippen LogP contribution < -0.4 is 10.6 Å². The molecule has 13 heavy (non-hydrogen) atoms. The number of pyridine rings is 1. The van der Waals surface area contributed by atoms with Gasteiger partial charge in [0.25, 0.3) is 0 Å². The summed E-state index contributed by atoms with van der Waals surface area (Å²) in [5.74, 6) is 0.967. The third kappa shape index (κ3) is 3.42. The summed E-state index contributed by atoms with van der Waals surface area (Å²) in [6, 6.07) is 6.04. The third-order valence-corrected chi connectivity index (χ3v) is 1.72. The Hall–Kier alpha value is -1.09. The molecule has 0 saturated heterocycles. The number of rotatable bonds is 5. The Labute approximate surface area is 79.6 Å². The first-order valence-electron chi connectivity index (χ1n) is 4.71. The van der Waals surface area contributed by atoms with Crippen LogP contribution in [0.25, 0.3) is 0 Å². The summed E-state index contributed by atoms with van der Waals surface area (Å²) in [6.07, 6.45) is 1.12.